The lowest BCUT2D eigenvalue weighted by Crippen LogP contribution is -2.66. The van der Waals surface area contributed by atoms with Crippen LogP contribution in [-0.4, -0.2) is 30.7 Å². The van der Waals surface area contributed by atoms with Gasteiger partial charge in [0.15, 0.2) is 5.60 Å². The molecule has 2 atom stereocenters. The first-order chi connectivity index (χ1) is 13.0. The molecular weight excluding hydrogens is 400 g/mol. The number of carbonyl (C=O) groups excluding carboxylic acids is 1. The first-order valence-corrected chi connectivity index (χ1v) is 11.7. The molecule has 4 aliphatic rings. The van der Waals surface area contributed by atoms with Crippen LogP contribution < -0.4 is 15.2 Å². The van der Waals surface area contributed by atoms with E-state index in [0.29, 0.717) is 36.0 Å². The van der Waals surface area contributed by atoms with Gasteiger partial charge in [0.25, 0.3) is 5.91 Å². The van der Waals surface area contributed by atoms with E-state index in [2.05, 4.69) is 5.32 Å². The third kappa shape index (κ3) is 3.31. The minimum atomic E-state index is -3.60. The van der Waals surface area contributed by atoms with Crippen molar-refractivity contribution in [3.05, 3.63) is 29.3 Å². The minimum absolute atomic E-state index is 0.0342. The zero-order chi connectivity index (χ0) is 20.3. The highest BCUT2D eigenvalue weighted by atomic mass is 35.5. The van der Waals surface area contributed by atoms with Crippen LogP contribution in [0.15, 0.2) is 24.3 Å². The van der Waals surface area contributed by atoms with Gasteiger partial charge in [0.05, 0.1) is 9.77 Å². The Morgan fingerprint density at radius 3 is 2.39 bits per heavy atom. The number of ether oxygens (including phenoxy) is 1. The lowest BCUT2D eigenvalue weighted by Gasteiger charge is -2.59. The molecule has 4 aliphatic carbocycles. The molecule has 1 amide bonds. The summed E-state index contributed by atoms with van der Waals surface area (Å²) in [4.78, 5) is 13.0. The molecule has 4 saturated carbocycles. The van der Waals surface area contributed by atoms with E-state index in [1.807, 2.05) is 0 Å². The van der Waals surface area contributed by atoms with Crippen LogP contribution in [0, 0.1) is 17.8 Å². The number of rotatable bonds is 5. The molecular formula is C20H27ClN2O4S. The van der Waals surface area contributed by atoms with E-state index < -0.39 is 20.4 Å². The third-order valence-electron chi connectivity index (χ3n) is 6.87. The van der Waals surface area contributed by atoms with Gasteiger partial charge in [-0.1, -0.05) is 23.7 Å². The van der Waals surface area contributed by atoms with Gasteiger partial charge in [0.2, 0.25) is 10.0 Å². The normalized spacial score (nSPS) is 34.3. The summed E-state index contributed by atoms with van der Waals surface area (Å²) >= 11 is 6.16. The quantitative estimate of drug-likeness (QED) is 0.756. The highest BCUT2D eigenvalue weighted by molar-refractivity contribution is 7.90. The first kappa shape index (κ1) is 20.0. The second-order valence-corrected chi connectivity index (χ2v) is 11.6. The standard InChI is InChI=1S/C20H27ClN2O4S/c1-19(2,27-16-6-4-3-5-15(16)21)18(24)23-17-13-7-12-8-14(17)11-20(9-12,10-13)28(22,25)26/h3-6,12-14,17H,7-11H2,1-2H3,(H,23,24)(H2,22,25,26). The largest absolute Gasteiger partial charge is 0.476 e. The van der Waals surface area contributed by atoms with Crippen LogP contribution in [0.4, 0.5) is 0 Å². The van der Waals surface area contributed by atoms with E-state index >= 15 is 0 Å². The summed E-state index contributed by atoms with van der Waals surface area (Å²) < 4.78 is 29.6. The van der Waals surface area contributed by atoms with Gasteiger partial charge in [0, 0.05) is 6.04 Å². The van der Waals surface area contributed by atoms with Gasteiger partial charge in [0.1, 0.15) is 5.75 Å². The number of nitrogens with two attached hydrogens (primary N) is 1. The molecule has 0 spiro atoms. The molecule has 154 valence electrons. The number of amides is 1. The SMILES string of the molecule is CC(C)(Oc1ccccc1Cl)C(=O)NC1C2CC3CC1CC(S(N)(=O)=O)(C3)C2. The summed E-state index contributed by atoms with van der Waals surface area (Å²) in [6, 6.07) is 7.02. The number of nitrogens with one attached hydrogen (secondary N) is 1. The Labute approximate surface area is 171 Å². The number of hydrogen-bond acceptors (Lipinski definition) is 4. The van der Waals surface area contributed by atoms with Crippen LogP contribution in [-0.2, 0) is 14.8 Å². The minimum Gasteiger partial charge on any atom is -0.476 e. The van der Waals surface area contributed by atoms with Gasteiger partial charge in [-0.25, -0.2) is 13.6 Å². The van der Waals surface area contributed by atoms with Crippen molar-refractivity contribution in [3.63, 3.8) is 0 Å². The van der Waals surface area contributed by atoms with E-state index in [1.54, 1.807) is 38.1 Å². The number of benzene rings is 1. The Morgan fingerprint density at radius 2 is 1.82 bits per heavy atom. The second kappa shape index (κ2) is 6.61. The van der Waals surface area contributed by atoms with Crippen molar-refractivity contribution in [2.75, 3.05) is 0 Å². The summed E-state index contributed by atoms with van der Waals surface area (Å²) in [6.07, 6.45) is 3.64. The molecule has 5 rings (SSSR count). The average Bonchev–Trinajstić information content (AvgIpc) is 2.58. The van der Waals surface area contributed by atoms with Crippen molar-refractivity contribution in [1.82, 2.24) is 5.32 Å². The third-order valence-corrected chi connectivity index (χ3v) is 8.89. The maximum Gasteiger partial charge on any atom is 0.263 e. The molecule has 3 N–H and O–H groups in total. The lowest BCUT2D eigenvalue weighted by molar-refractivity contribution is -0.137. The Kier molecular flexibility index (Phi) is 4.71. The van der Waals surface area contributed by atoms with E-state index in [0.717, 1.165) is 12.8 Å². The first-order valence-electron chi connectivity index (χ1n) is 9.78. The van der Waals surface area contributed by atoms with Crippen LogP contribution in [0.25, 0.3) is 0 Å². The predicted molar refractivity (Wildman–Crippen MR) is 107 cm³/mol. The maximum absolute atomic E-state index is 13.0. The lowest BCUT2D eigenvalue weighted by atomic mass is 9.53. The van der Waals surface area contributed by atoms with Gasteiger partial charge in [-0.15, -0.1) is 0 Å². The van der Waals surface area contributed by atoms with Gasteiger partial charge in [-0.3, -0.25) is 4.79 Å². The molecule has 4 bridgehead atoms. The van der Waals surface area contributed by atoms with Crippen LogP contribution in [0.3, 0.4) is 0 Å². The van der Waals surface area contributed by atoms with Crippen molar-refractivity contribution in [1.29, 1.82) is 0 Å². The van der Waals surface area contributed by atoms with Crippen molar-refractivity contribution in [3.8, 4) is 5.75 Å². The average molecular weight is 427 g/mol. The number of para-hydroxylation sites is 1. The van der Waals surface area contributed by atoms with E-state index in [-0.39, 0.29) is 23.8 Å². The van der Waals surface area contributed by atoms with E-state index in [1.165, 1.54) is 0 Å². The molecule has 0 aliphatic heterocycles. The molecule has 1 aromatic carbocycles. The monoisotopic (exact) mass is 426 g/mol. The fourth-order valence-corrected chi connectivity index (χ4v) is 7.24. The summed E-state index contributed by atoms with van der Waals surface area (Å²) in [5, 5.41) is 9.22. The molecule has 6 nitrogen and oxygen atoms in total. The van der Waals surface area contributed by atoms with Crippen LogP contribution in [0.2, 0.25) is 5.02 Å². The smallest absolute Gasteiger partial charge is 0.263 e. The molecule has 0 saturated heterocycles. The zero-order valence-electron chi connectivity index (χ0n) is 16.2. The van der Waals surface area contributed by atoms with Crippen LogP contribution in [0.5, 0.6) is 5.75 Å². The molecule has 2 unspecified atom stereocenters. The molecule has 0 aromatic heterocycles. The molecule has 4 fully saturated rings. The van der Waals surface area contributed by atoms with Gasteiger partial charge in [-0.05, 0) is 75.8 Å². The number of hydrogen-bond donors (Lipinski definition) is 2. The number of halogens is 1. The Morgan fingerprint density at radius 1 is 1.21 bits per heavy atom. The number of carbonyl (C=O) groups is 1. The summed E-state index contributed by atoms with van der Waals surface area (Å²) in [6.45, 7) is 3.43. The summed E-state index contributed by atoms with van der Waals surface area (Å²) in [7, 11) is -3.60. The Hall–Kier alpha value is -1.31. The molecule has 8 heteroatoms. The van der Waals surface area contributed by atoms with Gasteiger partial charge < -0.3 is 10.1 Å². The van der Waals surface area contributed by atoms with Crippen molar-refractivity contribution < 1.29 is 17.9 Å². The Balaban J connectivity index is 1.49. The highest BCUT2D eigenvalue weighted by Gasteiger charge is 2.60. The van der Waals surface area contributed by atoms with Crippen LogP contribution in [0.1, 0.15) is 46.0 Å². The van der Waals surface area contributed by atoms with Gasteiger partial charge >= 0.3 is 0 Å². The van der Waals surface area contributed by atoms with Crippen LogP contribution >= 0.6 is 11.6 Å². The summed E-state index contributed by atoms with van der Waals surface area (Å²) in [5.74, 6) is 0.919. The van der Waals surface area contributed by atoms with Crippen molar-refractivity contribution >= 4 is 27.5 Å². The fourth-order valence-electron chi connectivity index (χ4n) is 5.71. The zero-order valence-corrected chi connectivity index (χ0v) is 17.7. The molecule has 0 heterocycles. The van der Waals surface area contributed by atoms with E-state index in [4.69, 9.17) is 21.5 Å². The highest BCUT2D eigenvalue weighted by Crippen LogP contribution is 2.58. The van der Waals surface area contributed by atoms with E-state index in [9.17, 15) is 13.2 Å². The summed E-state index contributed by atoms with van der Waals surface area (Å²) in [5.41, 5.74) is -1.10. The topological polar surface area (TPSA) is 98.5 Å². The maximum atomic E-state index is 13.0. The van der Waals surface area contributed by atoms with Gasteiger partial charge in [-0.2, -0.15) is 0 Å². The number of primary sulfonamides is 1. The molecule has 1 aromatic rings. The molecule has 0 radical (unpaired) electrons. The fraction of sp³-hybridized carbons (Fsp3) is 0.650. The number of sulfonamides is 1. The molecule has 28 heavy (non-hydrogen) atoms. The predicted octanol–water partition coefficient (Wildman–Crippen LogP) is 2.85. The Bertz CT molecular complexity index is 885. The second-order valence-electron chi connectivity index (χ2n) is 9.24. The van der Waals surface area contributed by atoms with Crippen molar-refractivity contribution in [2.24, 2.45) is 22.9 Å². The van der Waals surface area contributed by atoms with Crippen molar-refractivity contribution in [2.45, 2.75) is 62.3 Å².